The molecule has 1 aromatic heterocycles. The van der Waals surface area contributed by atoms with Gasteiger partial charge in [0.25, 0.3) is 0 Å². The number of aromatic nitrogens is 2. The zero-order valence-electron chi connectivity index (χ0n) is 9.24. The smallest absolute Gasteiger partial charge is 0.212 e. The molecule has 1 heterocycles. The van der Waals surface area contributed by atoms with Gasteiger partial charge in [-0.2, -0.15) is 0 Å². The number of rotatable bonds is 5. The van der Waals surface area contributed by atoms with Crippen LogP contribution in [-0.2, 0) is 4.79 Å². The number of amides is 1. The van der Waals surface area contributed by atoms with Gasteiger partial charge in [0.1, 0.15) is 5.82 Å². The third-order valence-electron chi connectivity index (χ3n) is 2.33. The maximum absolute atomic E-state index is 10.4. The Kier molecular flexibility index (Phi) is 4.03. The molecule has 1 atom stereocenters. The van der Waals surface area contributed by atoms with Crippen LogP contribution in [-0.4, -0.2) is 23.4 Å². The van der Waals surface area contributed by atoms with Gasteiger partial charge in [0.05, 0.1) is 11.9 Å². The summed E-state index contributed by atoms with van der Waals surface area (Å²) in [5, 5.41) is 5.47. The second-order valence-electron chi connectivity index (χ2n) is 3.31. The van der Waals surface area contributed by atoms with E-state index in [0.29, 0.717) is 23.8 Å². The first-order valence-corrected chi connectivity index (χ1v) is 4.97. The lowest BCUT2D eigenvalue weighted by Gasteiger charge is -2.11. The Morgan fingerprint density at radius 1 is 1.60 bits per heavy atom. The van der Waals surface area contributed by atoms with Crippen LogP contribution in [0.25, 0.3) is 0 Å². The molecule has 0 saturated heterocycles. The van der Waals surface area contributed by atoms with E-state index in [0.717, 1.165) is 12.2 Å². The van der Waals surface area contributed by atoms with Crippen LogP contribution in [0.2, 0.25) is 0 Å². The maximum atomic E-state index is 10.4. The molecule has 0 bridgehead atoms. The molecular weight excluding hydrogens is 192 g/mol. The zero-order chi connectivity index (χ0) is 11.3. The van der Waals surface area contributed by atoms with Crippen molar-refractivity contribution in [2.75, 3.05) is 17.7 Å². The van der Waals surface area contributed by atoms with Gasteiger partial charge in [-0.1, -0.05) is 13.8 Å². The average molecular weight is 208 g/mol. The van der Waals surface area contributed by atoms with E-state index in [1.807, 2.05) is 0 Å². The van der Waals surface area contributed by atoms with Gasteiger partial charge in [-0.15, -0.1) is 0 Å². The van der Waals surface area contributed by atoms with E-state index in [-0.39, 0.29) is 0 Å². The van der Waals surface area contributed by atoms with Gasteiger partial charge in [0, 0.05) is 13.0 Å². The minimum Gasteiger partial charge on any atom is -0.384 e. The highest BCUT2D eigenvalue weighted by Crippen LogP contribution is 2.21. The lowest BCUT2D eigenvalue weighted by molar-refractivity contribution is -0.105. The molecule has 1 rings (SSSR count). The summed E-state index contributed by atoms with van der Waals surface area (Å²) in [4.78, 5) is 18.9. The monoisotopic (exact) mass is 208 g/mol. The summed E-state index contributed by atoms with van der Waals surface area (Å²) < 4.78 is 0. The second kappa shape index (κ2) is 5.29. The minimum atomic E-state index is 0.295. The summed E-state index contributed by atoms with van der Waals surface area (Å²) in [6.07, 6.45) is 3.27. The molecule has 0 spiro atoms. The van der Waals surface area contributed by atoms with Crippen molar-refractivity contribution in [3.05, 3.63) is 12.0 Å². The topological polar surface area (TPSA) is 66.9 Å². The van der Waals surface area contributed by atoms with Crippen LogP contribution in [0.3, 0.4) is 0 Å². The summed E-state index contributed by atoms with van der Waals surface area (Å²) in [6.45, 7) is 4.13. The molecular formula is C10H16N4O. The van der Waals surface area contributed by atoms with E-state index in [1.165, 1.54) is 0 Å². The van der Waals surface area contributed by atoms with Crippen LogP contribution in [0.15, 0.2) is 6.20 Å². The van der Waals surface area contributed by atoms with Crippen molar-refractivity contribution < 1.29 is 4.79 Å². The largest absolute Gasteiger partial charge is 0.384 e. The molecule has 0 saturated carbocycles. The highest BCUT2D eigenvalue weighted by molar-refractivity contribution is 5.77. The molecule has 1 aromatic rings. The highest BCUT2D eigenvalue weighted by atomic mass is 16.1. The Morgan fingerprint density at radius 2 is 2.33 bits per heavy atom. The van der Waals surface area contributed by atoms with Crippen molar-refractivity contribution >= 4 is 17.9 Å². The van der Waals surface area contributed by atoms with Crippen LogP contribution >= 0.6 is 0 Å². The third kappa shape index (κ3) is 2.65. The van der Waals surface area contributed by atoms with E-state index in [4.69, 9.17) is 0 Å². The van der Waals surface area contributed by atoms with Gasteiger partial charge in [-0.25, -0.2) is 9.97 Å². The molecule has 5 heteroatoms. The first-order valence-electron chi connectivity index (χ1n) is 4.97. The molecule has 0 radical (unpaired) electrons. The van der Waals surface area contributed by atoms with E-state index in [1.54, 1.807) is 13.2 Å². The van der Waals surface area contributed by atoms with Crippen molar-refractivity contribution in [3.63, 3.8) is 0 Å². The highest BCUT2D eigenvalue weighted by Gasteiger charge is 2.10. The average Bonchev–Trinajstić information content (AvgIpc) is 2.28. The molecule has 15 heavy (non-hydrogen) atoms. The van der Waals surface area contributed by atoms with Gasteiger partial charge in [-0.3, -0.25) is 4.79 Å². The fraction of sp³-hybridized carbons (Fsp3) is 0.500. The van der Waals surface area contributed by atoms with E-state index in [2.05, 4.69) is 34.4 Å². The van der Waals surface area contributed by atoms with Gasteiger partial charge in [0.15, 0.2) is 5.82 Å². The summed E-state index contributed by atoms with van der Waals surface area (Å²) >= 11 is 0. The fourth-order valence-electron chi connectivity index (χ4n) is 1.16. The van der Waals surface area contributed by atoms with Crippen LogP contribution in [0.1, 0.15) is 32.0 Å². The molecule has 0 aliphatic carbocycles. The Balaban J connectivity index is 3.03. The number of carbonyl (C=O) groups is 1. The molecule has 0 aliphatic rings. The quantitative estimate of drug-likeness (QED) is 0.721. The van der Waals surface area contributed by atoms with Crippen LogP contribution in [0.4, 0.5) is 11.5 Å². The van der Waals surface area contributed by atoms with Crippen LogP contribution < -0.4 is 10.6 Å². The van der Waals surface area contributed by atoms with Crippen molar-refractivity contribution in [2.45, 2.75) is 26.2 Å². The summed E-state index contributed by atoms with van der Waals surface area (Å²) in [5.74, 6) is 1.57. The summed E-state index contributed by atoms with van der Waals surface area (Å²) in [5.41, 5.74) is 0.717. The van der Waals surface area contributed by atoms with Crippen LogP contribution in [0.5, 0.6) is 0 Å². The number of nitrogens with one attached hydrogen (secondary N) is 2. The van der Waals surface area contributed by atoms with Gasteiger partial charge in [-0.05, 0) is 6.42 Å². The fourth-order valence-corrected chi connectivity index (χ4v) is 1.16. The molecule has 82 valence electrons. The predicted octanol–water partition coefficient (Wildman–Crippen LogP) is 1.60. The first-order chi connectivity index (χ1) is 7.22. The zero-order valence-corrected chi connectivity index (χ0v) is 9.24. The van der Waals surface area contributed by atoms with Gasteiger partial charge >= 0.3 is 0 Å². The first kappa shape index (κ1) is 11.4. The second-order valence-corrected chi connectivity index (χ2v) is 3.31. The molecule has 0 aromatic carbocycles. The Morgan fingerprint density at radius 3 is 2.87 bits per heavy atom. The maximum Gasteiger partial charge on any atom is 0.212 e. The number of hydrogen-bond donors (Lipinski definition) is 2. The molecule has 1 amide bonds. The lowest BCUT2D eigenvalue weighted by Crippen LogP contribution is -2.07. The number of nitrogens with zero attached hydrogens (tertiary/aromatic N) is 2. The molecule has 5 nitrogen and oxygen atoms in total. The Bertz CT molecular complexity index is 340. The van der Waals surface area contributed by atoms with E-state index < -0.39 is 0 Å². The summed E-state index contributed by atoms with van der Waals surface area (Å²) in [6, 6.07) is 0. The molecule has 0 fully saturated rings. The minimum absolute atomic E-state index is 0.295. The van der Waals surface area contributed by atoms with E-state index in [9.17, 15) is 4.79 Å². The van der Waals surface area contributed by atoms with Crippen molar-refractivity contribution in [3.8, 4) is 0 Å². The van der Waals surface area contributed by atoms with Crippen molar-refractivity contribution in [1.29, 1.82) is 0 Å². The Labute approximate surface area is 89.3 Å². The predicted molar refractivity (Wildman–Crippen MR) is 60.0 cm³/mol. The third-order valence-corrected chi connectivity index (χ3v) is 2.33. The summed E-state index contributed by atoms with van der Waals surface area (Å²) in [7, 11) is 1.76. The molecule has 1 unspecified atom stereocenters. The van der Waals surface area contributed by atoms with Crippen LogP contribution in [0, 0.1) is 0 Å². The van der Waals surface area contributed by atoms with Gasteiger partial charge in [0.2, 0.25) is 6.41 Å². The standard InChI is InChI=1S/C10H16N4O/c1-4-7(2)9-12-5-8(11-3)10(14-9)13-6-15/h5-7,11H,4H2,1-3H3,(H,12,13,14,15). The number of hydrogen-bond acceptors (Lipinski definition) is 4. The number of carbonyl (C=O) groups excluding carboxylic acids is 1. The van der Waals surface area contributed by atoms with Crippen molar-refractivity contribution in [2.24, 2.45) is 0 Å². The molecule has 0 aliphatic heterocycles. The SMILES string of the molecule is CCC(C)c1ncc(NC)c(NC=O)n1. The van der Waals surface area contributed by atoms with E-state index >= 15 is 0 Å². The van der Waals surface area contributed by atoms with Gasteiger partial charge < -0.3 is 10.6 Å². The Hall–Kier alpha value is -1.65. The lowest BCUT2D eigenvalue weighted by atomic mass is 10.1. The molecule has 2 N–H and O–H groups in total. The number of anilines is 2. The normalized spacial score (nSPS) is 11.9. The van der Waals surface area contributed by atoms with Crippen molar-refractivity contribution in [1.82, 2.24) is 9.97 Å².